The van der Waals surface area contributed by atoms with E-state index in [2.05, 4.69) is 12.2 Å². The predicted molar refractivity (Wildman–Crippen MR) is 75.3 cm³/mol. The van der Waals surface area contributed by atoms with Crippen LogP contribution in [0.3, 0.4) is 0 Å². The number of hydrogen-bond donors (Lipinski definition) is 1. The fraction of sp³-hybridized carbons (Fsp3) is 0.929. The number of likely N-dealkylation sites (tertiary alicyclic amines) is 1. The van der Waals surface area contributed by atoms with Crippen molar-refractivity contribution in [1.82, 2.24) is 10.2 Å². The second kappa shape index (κ2) is 7.10. The minimum atomic E-state index is -0.422. The van der Waals surface area contributed by atoms with Gasteiger partial charge < -0.3 is 19.7 Å². The van der Waals surface area contributed by atoms with Gasteiger partial charge in [0.1, 0.15) is 5.60 Å². The lowest BCUT2D eigenvalue weighted by Gasteiger charge is -2.25. The average Bonchev–Trinajstić information content (AvgIpc) is 2.72. The first-order valence-electron chi connectivity index (χ1n) is 7.04. The van der Waals surface area contributed by atoms with Crippen LogP contribution in [0, 0.1) is 0 Å². The molecule has 0 aliphatic carbocycles. The number of ether oxygens (including phenoxy) is 2. The molecule has 1 heterocycles. The summed E-state index contributed by atoms with van der Waals surface area (Å²) in [5.74, 6) is 0. The van der Waals surface area contributed by atoms with Gasteiger partial charge in [0, 0.05) is 38.9 Å². The molecule has 1 rings (SSSR count). The predicted octanol–water partition coefficient (Wildman–Crippen LogP) is 2.01. The average molecular weight is 272 g/mol. The van der Waals surface area contributed by atoms with E-state index >= 15 is 0 Å². The first kappa shape index (κ1) is 16.2. The maximum absolute atomic E-state index is 11.9. The van der Waals surface area contributed by atoms with Gasteiger partial charge in [-0.05, 0) is 40.5 Å². The summed E-state index contributed by atoms with van der Waals surface area (Å²) in [6.07, 6.45) is 1.76. The van der Waals surface area contributed by atoms with Crippen LogP contribution in [-0.2, 0) is 9.47 Å². The molecule has 112 valence electrons. The summed E-state index contributed by atoms with van der Waals surface area (Å²) in [6, 6.07) is 0.767. The van der Waals surface area contributed by atoms with Gasteiger partial charge in [-0.25, -0.2) is 4.79 Å². The van der Waals surface area contributed by atoms with Crippen LogP contribution >= 0.6 is 0 Å². The Labute approximate surface area is 116 Å². The van der Waals surface area contributed by atoms with E-state index in [1.54, 1.807) is 12.0 Å². The van der Waals surface area contributed by atoms with Crippen molar-refractivity contribution in [3.63, 3.8) is 0 Å². The summed E-state index contributed by atoms with van der Waals surface area (Å²) in [4.78, 5) is 13.7. The van der Waals surface area contributed by atoms with E-state index in [9.17, 15) is 4.79 Å². The Hall–Kier alpha value is -0.810. The molecule has 1 N–H and O–H groups in total. The van der Waals surface area contributed by atoms with Gasteiger partial charge in [0.05, 0.1) is 0 Å². The highest BCUT2D eigenvalue weighted by Crippen LogP contribution is 2.15. The van der Waals surface area contributed by atoms with Gasteiger partial charge in [-0.2, -0.15) is 0 Å². The van der Waals surface area contributed by atoms with Gasteiger partial charge >= 0.3 is 6.09 Å². The van der Waals surface area contributed by atoms with Crippen molar-refractivity contribution >= 4 is 6.09 Å². The Morgan fingerprint density at radius 3 is 2.74 bits per heavy atom. The molecular formula is C14H28N2O3. The number of methoxy groups -OCH3 is 1. The van der Waals surface area contributed by atoms with Crippen molar-refractivity contribution in [3.05, 3.63) is 0 Å². The first-order valence-corrected chi connectivity index (χ1v) is 7.04. The zero-order valence-electron chi connectivity index (χ0n) is 12.9. The molecule has 1 saturated heterocycles. The van der Waals surface area contributed by atoms with Gasteiger partial charge in [0.15, 0.2) is 0 Å². The molecule has 1 amide bonds. The highest BCUT2D eigenvalue weighted by molar-refractivity contribution is 5.68. The van der Waals surface area contributed by atoms with Crippen molar-refractivity contribution < 1.29 is 14.3 Å². The molecule has 5 nitrogen and oxygen atoms in total. The Kier molecular flexibility index (Phi) is 6.07. The zero-order chi connectivity index (χ0) is 14.5. The van der Waals surface area contributed by atoms with E-state index in [1.165, 1.54) is 0 Å². The van der Waals surface area contributed by atoms with Crippen LogP contribution in [0.15, 0.2) is 0 Å². The second-order valence-corrected chi connectivity index (χ2v) is 6.26. The molecular weight excluding hydrogens is 244 g/mol. The van der Waals surface area contributed by atoms with Crippen molar-refractivity contribution in [2.45, 2.75) is 58.2 Å². The molecule has 19 heavy (non-hydrogen) atoms. The van der Waals surface area contributed by atoms with Crippen molar-refractivity contribution in [2.24, 2.45) is 0 Å². The third-order valence-corrected chi connectivity index (χ3v) is 3.12. The summed E-state index contributed by atoms with van der Waals surface area (Å²) in [5, 5.41) is 3.53. The van der Waals surface area contributed by atoms with E-state index < -0.39 is 5.60 Å². The lowest BCUT2D eigenvalue weighted by molar-refractivity contribution is 0.0290. The highest BCUT2D eigenvalue weighted by Gasteiger charge is 2.30. The quantitative estimate of drug-likeness (QED) is 0.832. The minimum absolute atomic E-state index is 0.207. The normalized spacial score (nSPS) is 21.5. The van der Waals surface area contributed by atoms with Gasteiger partial charge in [-0.3, -0.25) is 0 Å². The molecule has 2 unspecified atom stereocenters. The van der Waals surface area contributed by atoms with E-state index in [1.807, 2.05) is 20.8 Å². The fourth-order valence-corrected chi connectivity index (χ4v) is 2.17. The zero-order valence-corrected chi connectivity index (χ0v) is 12.9. The summed E-state index contributed by atoms with van der Waals surface area (Å²) < 4.78 is 10.4. The Morgan fingerprint density at radius 1 is 1.47 bits per heavy atom. The van der Waals surface area contributed by atoms with Crippen molar-refractivity contribution in [2.75, 3.05) is 26.8 Å². The van der Waals surface area contributed by atoms with Crippen LogP contribution in [0.5, 0.6) is 0 Å². The second-order valence-electron chi connectivity index (χ2n) is 6.26. The van der Waals surface area contributed by atoms with Crippen LogP contribution < -0.4 is 5.32 Å². The van der Waals surface area contributed by atoms with Crippen LogP contribution in [-0.4, -0.2) is 55.5 Å². The molecule has 5 heteroatoms. The first-order chi connectivity index (χ1) is 8.81. The molecule has 1 aliphatic heterocycles. The molecule has 1 fully saturated rings. The molecule has 1 aliphatic rings. The van der Waals surface area contributed by atoms with Gasteiger partial charge in [-0.1, -0.05) is 0 Å². The number of hydrogen-bond acceptors (Lipinski definition) is 4. The topological polar surface area (TPSA) is 50.8 Å². The molecule has 0 aromatic rings. The SMILES string of the molecule is COCCC(C)NC1CCN(C(=O)OC(C)(C)C)C1. The van der Waals surface area contributed by atoms with E-state index in [0.29, 0.717) is 12.1 Å². The van der Waals surface area contributed by atoms with E-state index in [0.717, 1.165) is 32.5 Å². The Bertz CT molecular complexity index is 289. The summed E-state index contributed by atoms with van der Waals surface area (Å²) in [6.45, 7) is 10.1. The van der Waals surface area contributed by atoms with Crippen LogP contribution in [0.4, 0.5) is 4.79 Å². The largest absolute Gasteiger partial charge is 0.444 e. The molecule has 0 aromatic carbocycles. The lowest BCUT2D eigenvalue weighted by atomic mass is 10.2. The maximum atomic E-state index is 11.9. The van der Waals surface area contributed by atoms with Gasteiger partial charge in [0.25, 0.3) is 0 Å². The lowest BCUT2D eigenvalue weighted by Crippen LogP contribution is -2.41. The third kappa shape index (κ3) is 6.25. The monoisotopic (exact) mass is 272 g/mol. The number of carbonyl (C=O) groups is 1. The minimum Gasteiger partial charge on any atom is -0.444 e. The van der Waals surface area contributed by atoms with Crippen molar-refractivity contribution in [3.8, 4) is 0 Å². The van der Waals surface area contributed by atoms with Gasteiger partial charge in [-0.15, -0.1) is 0 Å². The molecule has 2 atom stereocenters. The maximum Gasteiger partial charge on any atom is 0.410 e. The number of carbonyl (C=O) groups excluding carboxylic acids is 1. The van der Waals surface area contributed by atoms with Crippen molar-refractivity contribution in [1.29, 1.82) is 0 Å². The number of rotatable bonds is 5. The van der Waals surface area contributed by atoms with Crippen LogP contribution in [0.25, 0.3) is 0 Å². The third-order valence-electron chi connectivity index (χ3n) is 3.12. The molecule has 0 bridgehead atoms. The molecule has 0 spiro atoms. The number of nitrogens with one attached hydrogen (secondary N) is 1. The smallest absolute Gasteiger partial charge is 0.410 e. The van der Waals surface area contributed by atoms with Gasteiger partial charge in [0.2, 0.25) is 0 Å². The number of nitrogens with zero attached hydrogens (tertiary/aromatic N) is 1. The molecule has 0 radical (unpaired) electrons. The Balaban J connectivity index is 2.31. The molecule has 0 aromatic heterocycles. The number of amides is 1. The summed E-state index contributed by atoms with van der Waals surface area (Å²) in [5.41, 5.74) is -0.422. The van der Waals surface area contributed by atoms with E-state index in [-0.39, 0.29) is 6.09 Å². The molecule has 0 saturated carbocycles. The summed E-state index contributed by atoms with van der Waals surface area (Å²) in [7, 11) is 1.71. The van der Waals surface area contributed by atoms with Crippen LogP contribution in [0.2, 0.25) is 0 Å². The Morgan fingerprint density at radius 2 is 2.16 bits per heavy atom. The summed E-state index contributed by atoms with van der Waals surface area (Å²) >= 11 is 0. The van der Waals surface area contributed by atoms with Crippen LogP contribution in [0.1, 0.15) is 40.5 Å². The van der Waals surface area contributed by atoms with E-state index in [4.69, 9.17) is 9.47 Å². The standard InChI is InChI=1S/C14H28N2O3/c1-11(7-9-18-5)15-12-6-8-16(10-12)13(17)19-14(2,3)4/h11-12,15H,6-10H2,1-5H3. The fourth-order valence-electron chi connectivity index (χ4n) is 2.17. The highest BCUT2D eigenvalue weighted by atomic mass is 16.6.